The summed E-state index contributed by atoms with van der Waals surface area (Å²) in [4.78, 5) is 34.8. The number of amides is 1. The van der Waals surface area contributed by atoms with Crippen LogP contribution in [-0.2, 0) is 6.54 Å². The van der Waals surface area contributed by atoms with E-state index in [2.05, 4.69) is 15.1 Å². The molecule has 1 amide bonds. The number of hydrogen-bond acceptors (Lipinski definition) is 4. The van der Waals surface area contributed by atoms with Crippen LogP contribution in [0.3, 0.4) is 0 Å². The van der Waals surface area contributed by atoms with Crippen molar-refractivity contribution >= 4 is 11.7 Å². The summed E-state index contributed by atoms with van der Waals surface area (Å²) < 4.78 is 3.24. The lowest BCUT2D eigenvalue weighted by molar-refractivity contribution is 0.0605. The van der Waals surface area contributed by atoms with Gasteiger partial charge in [-0.05, 0) is 33.1 Å². The molecule has 3 aromatic rings. The number of nitrogens with one attached hydrogen (secondary N) is 1. The SMILES string of the molecule is CCn1cc(C(=O)N2CCCC[C@H]2c2cc(=O)n3ccnc3[nH]2)c(C)n1. The van der Waals surface area contributed by atoms with Gasteiger partial charge in [0.2, 0.25) is 5.78 Å². The first-order chi connectivity index (χ1) is 12.6. The minimum Gasteiger partial charge on any atom is -0.330 e. The van der Waals surface area contributed by atoms with Crippen molar-refractivity contribution in [1.29, 1.82) is 0 Å². The normalized spacial score (nSPS) is 17.8. The number of hydrogen-bond donors (Lipinski definition) is 1. The molecule has 8 heteroatoms. The van der Waals surface area contributed by atoms with E-state index < -0.39 is 0 Å². The maximum atomic E-state index is 13.2. The third-order valence-electron chi connectivity index (χ3n) is 5.04. The lowest BCUT2D eigenvalue weighted by Gasteiger charge is -2.35. The lowest BCUT2D eigenvalue weighted by Crippen LogP contribution is -2.39. The van der Waals surface area contributed by atoms with Gasteiger partial charge in [-0.1, -0.05) is 0 Å². The van der Waals surface area contributed by atoms with Crippen molar-refractivity contribution in [3.8, 4) is 0 Å². The molecule has 136 valence electrons. The van der Waals surface area contributed by atoms with Gasteiger partial charge in [-0.2, -0.15) is 5.10 Å². The summed E-state index contributed by atoms with van der Waals surface area (Å²) in [6.45, 7) is 5.25. The van der Waals surface area contributed by atoms with Crippen LogP contribution in [0.4, 0.5) is 0 Å². The van der Waals surface area contributed by atoms with Gasteiger partial charge in [-0.3, -0.25) is 18.7 Å². The zero-order valence-electron chi connectivity index (χ0n) is 15.0. The number of piperidine rings is 1. The molecule has 0 bridgehead atoms. The average Bonchev–Trinajstić information content (AvgIpc) is 3.27. The van der Waals surface area contributed by atoms with Crippen molar-refractivity contribution in [2.24, 2.45) is 0 Å². The second-order valence-corrected chi connectivity index (χ2v) is 6.68. The highest BCUT2D eigenvalue weighted by Gasteiger charge is 2.31. The quantitative estimate of drug-likeness (QED) is 0.778. The average molecular weight is 354 g/mol. The maximum absolute atomic E-state index is 13.2. The fourth-order valence-electron chi connectivity index (χ4n) is 3.66. The first-order valence-electron chi connectivity index (χ1n) is 8.99. The Balaban J connectivity index is 1.72. The minimum atomic E-state index is -0.157. The van der Waals surface area contributed by atoms with Gasteiger partial charge >= 0.3 is 0 Å². The van der Waals surface area contributed by atoms with E-state index in [9.17, 15) is 9.59 Å². The molecule has 4 rings (SSSR count). The molecule has 1 aliphatic rings. The predicted octanol–water partition coefficient (Wildman–Crippen LogP) is 1.91. The number of nitrogens with zero attached hydrogens (tertiary/aromatic N) is 5. The molecule has 1 N–H and O–H groups in total. The zero-order chi connectivity index (χ0) is 18.3. The number of imidazole rings is 1. The predicted molar refractivity (Wildman–Crippen MR) is 96.1 cm³/mol. The molecule has 0 aliphatic carbocycles. The van der Waals surface area contributed by atoms with Crippen LogP contribution in [0.15, 0.2) is 29.5 Å². The molecule has 0 unspecified atom stereocenters. The van der Waals surface area contributed by atoms with Gasteiger partial charge in [0, 0.05) is 43.4 Å². The second-order valence-electron chi connectivity index (χ2n) is 6.68. The minimum absolute atomic E-state index is 0.0315. The second kappa shape index (κ2) is 6.44. The number of aromatic nitrogens is 5. The molecule has 26 heavy (non-hydrogen) atoms. The fraction of sp³-hybridized carbons (Fsp3) is 0.444. The van der Waals surface area contributed by atoms with Crippen LogP contribution in [-0.4, -0.2) is 41.5 Å². The van der Waals surface area contributed by atoms with E-state index in [1.807, 2.05) is 24.9 Å². The van der Waals surface area contributed by atoms with Crippen LogP contribution in [0.25, 0.3) is 5.78 Å². The van der Waals surface area contributed by atoms with Crippen LogP contribution in [0, 0.1) is 6.92 Å². The molecule has 0 spiro atoms. The fourth-order valence-corrected chi connectivity index (χ4v) is 3.66. The van der Waals surface area contributed by atoms with Gasteiger partial charge in [0.25, 0.3) is 11.5 Å². The smallest absolute Gasteiger partial charge is 0.259 e. The van der Waals surface area contributed by atoms with Crippen molar-refractivity contribution in [3.05, 3.63) is 52.0 Å². The van der Waals surface area contributed by atoms with Crippen molar-refractivity contribution in [2.75, 3.05) is 6.54 Å². The molecule has 0 saturated carbocycles. The molecule has 0 radical (unpaired) electrons. The summed E-state index contributed by atoms with van der Waals surface area (Å²) in [7, 11) is 0. The Kier molecular flexibility index (Phi) is 4.10. The van der Waals surface area contributed by atoms with Gasteiger partial charge in [-0.15, -0.1) is 0 Å². The molecule has 1 saturated heterocycles. The third kappa shape index (κ3) is 2.71. The van der Waals surface area contributed by atoms with Crippen LogP contribution < -0.4 is 5.56 Å². The number of aromatic amines is 1. The highest BCUT2D eigenvalue weighted by Crippen LogP contribution is 2.31. The van der Waals surface area contributed by atoms with Crippen molar-refractivity contribution in [3.63, 3.8) is 0 Å². The first kappa shape index (κ1) is 16.6. The molecular weight excluding hydrogens is 332 g/mol. The van der Waals surface area contributed by atoms with Crippen LogP contribution in [0.5, 0.6) is 0 Å². The van der Waals surface area contributed by atoms with Gasteiger partial charge in [-0.25, -0.2) is 4.98 Å². The van der Waals surface area contributed by atoms with E-state index in [-0.39, 0.29) is 17.5 Å². The topological polar surface area (TPSA) is 88.3 Å². The molecule has 4 heterocycles. The number of carbonyl (C=O) groups is 1. The van der Waals surface area contributed by atoms with E-state index >= 15 is 0 Å². The highest BCUT2D eigenvalue weighted by molar-refractivity contribution is 5.95. The molecule has 0 aromatic carbocycles. The van der Waals surface area contributed by atoms with Gasteiger partial charge in [0.15, 0.2) is 0 Å². The number of fused-ring (bicyclic) bond motifs is 1. The summed E-state index contributed by atoms with van der Waals surface area (Å²) in [6.07, 6.45) is 7.82. The van der Waals surface area contributed by atoms with Gasteiger partial charge in [0.1, 0.15) is 0 Å². The number of aryl methyl sites for hydroxylation is 2. The number of carbonyl (C=O) groups excluding carboxylic acids is 1. The summed E-state index contributed by atoms with van der Waals surface area (Å²) in [5.74, 6) is 0.469. The van der Waals surface area contributed by atoms with Crippen LogP contribution >= 0.6 is 0 Å². The molecule has 1 fully saturated rings. The molecule has 1 atom stereocenters. The Hall–Kier alpha value is -2.90. The Bertz CT molecular complexity index is 1010. The Morgan fingerprint density at radius 2 is 2.23 bits per heavy atom. The Morgan fingerprint density at radius 3 is 3.00 bits per heavy atom. The number of likely N-dealkylation sites (tertiary alicyclic amines) is 1. The molecule has 3 aromatic heterocycles. The number of H-pyrrole nitrogens is 1. The van der Waals surface area contributed by atoms with E-state index in [1.165, 1.54) is 4.40 Å². The third-order valence-corrected chi connectivity index (χ3v) is 5.04. The standard InChI is InChI=1S/C18H22N6O2/c1-3-22-11-13(12(2)21-22)17(26)23-8-5-4-6-15(23)14-10-16(25)24-9-7-19-18(24)20-14/h7,9-11,15H,3-6,8H2,1-2H3,(H,19,20)/t15-/m0/s1. The monoisotopic (exact) mass is 354 g/mol. The summed E-state index contributed by atoms with van der Waals surface area (Å²) in [6, 6.07) is 1.42. The van der Waals surface area contributed by atoms with Crippen LogP contribution in [0.2, 0.25) is 0 Å². The number of rotatable bonds is 3. The van der Waals surface area contributed by atoms with E-state index in [0.29, 0.717) is 17.9 Å². The van der Waals surface area contributed by atoms with Crippen molar-refractivity contribution < 1.29 is 4.79 Å². The van der Waals surface area contributed by atoms with E-state index in [1.54, 1.807) is 23.1 Å². The largest absolute Gasteiger partial charge is 0.330 e. The first-order valence-corrected chi connectivity index (χ1v) is 8.99. The maximum Gasteiger partial charge on any atom is 0.259 e. The van der Waals surface area contributed by atoms with Crippen LogP contribution in [0.1, 0.15) is 54.0 Å². The lowest BCUT2D eigenvalue weighted by atomic mass is 9.98. The molecule has 1 aliphatic heterocycles. The van der Waals surface area contributed by atoms with Crippen molar-refractivity contribution in [2.45, 2.75) is 45.7 Å². The highest BCUT2D eigenvalue weighted by atomic mass is 16.2. The van der Waals surface area contributed by atoms with E-state index in [4.69, 9.17) is 0 Å². The Labute approximate surface area is 150 Å². The summed E-state index contributed by atoms with van der Waals surface area (Å²) >= 11 is 0. The van der Waals surface area contributed by atoms with Gasteiger partial charge in [0.05, 0.1) is 17.3 Å². The zero-order valence-corrected chi connectivity index (χ0v) is 15.0. The molecule has 8 nitrogen and oxygen atoms in total. The van der Waals surface area contributed by atoms with Gasteiger partial charge < -0.3 is 9.88 Å². The van der Waals surface area contributed by atoms with Crippen molar-refractivity contribution in [1.82, 2.24) is 29.0 Å². The summed E-state index contributed by atoms with van der Waals surface area (Å²) in [5.41, 5.74) is 1.96. The Morgan fingerprint density at radius 1 is 1.38 bits per heavy atom. The molecular formula is C18H22N6O2. The van der Waals surface area contributed by atoms with E-state index in [0.717, 1.165) is 37.2 Å². The summed E-state index contributed by atoms with van der Waals surface area (Å²) in [5, 5.41) is 4.39.